The van der Waals surface area contributed by atoms with E-state index in [0.29, 0.717) is 19.3 Å². The third-order valence-electron chi connectivity index (χ3n) is 12.9. The minimum atomic E-state index is -0.773. The number of ether oxygens (including phenoxy) is 3. The first-order chi connectivity index (χ1) is 32.5. The van der Waals surface area contributed by atoms with Crippen molar-refractivity contribution >= 4 is 17.9 Å². The average Bonchev–Trinajstić information content (AvgIpc) is 3.31. The summed E-state index contributed by atoms with van der Waals surface area (Å²) in [4.78, 5) is 38.1. The molecule has 0 aromatic carbocycles. The summed E-state index contributed by atoms with van der Waals surface area (Å²) in [6.07, 6.45) is 65.6. The van der Waals surface area contributed by atoms with E-state index in [1.807, 2.05) is 0 Å². The summed E-state index contributed by atoms with van der Waals surface area (Å²) in [6.45, 7) is 6.56. The molecule has 0 radical (unpaired) electrons. The molecule has 0 aliphatic rings. The van der Waals surface area contributed by atoms with Crippen molar-refractivity contribution in [2.24, 2.45) is 0 Å². The van der Waals surface area contributed by atoms with Gasteiger partial charge in [0.2, 0.25) is 0 Å². The lowest BCUT2D eigenvalue weighted by Crippen LogP contribution is -2.30. The van der Waals surface area contributed by atoms with Crippen LogP contribution in [0, 0.1) is 0 Å². The molecule has 0 amide bonds. The maximum Gasteiger partial charge on any atom is 0.306 e. The lowest BCUT2D eigenvalue weighted by Gasteiger charge is -2.18. The second-order valence-electron chi connectivity index (χ2n) is 19.5. The van der Waals surface area contributed by atoms with Crippen LogP contribution in [0.1, 0.15) is 310 Å². The molecule has 0 aromatic rings. The van der Waals surface area contributed by atoms with Crippen LogP contribution in [0.2, 0.25) is 0 Å². The molecule has 66 heavy (non-hydrogen) atoms. The van der Waals surface area contributed by atoms with E-state index in [-0.39, 0.29) is 31.1 Å². The number of rotatable bonds is 53. The van der Waals surface area contributed by atoms with E-state index in [9.17, 15) is 14.4 Å². The molecule has 0 aliphatic heterocycles. The smallest absolute Gasteiger partial charge is 0.306 e. The Morgan fingerprint density at radius 3 is 0.924 bits per heavy atom. The zero-order valence-electron chi connectivity index (χ0n) is 44.2. The third-order valence-corrected chi connectivity index (χ3v) is 12.9. The molecule has 0 heterocycles. The van der Waals surface area contributed by atoms with Crippen LogP contribution in [0.5, 0.6) is 0 Å². The van der Waals surface area contributed by atoms with Gasteiger partial charge in [-0.25, -0.2) is 0 Å². The predicted octanol–water partition coefficient (Wildman–Crippen LogP) is 19.3. The van der Waals surface area contributed by atoms with E-state index in [2.05, 4.69) is 57.2 Å². The van der Waals surface area contributed by atoms with Crippen LogP contribution in [-0.4, -0.2) is 37.2 Å². The highest BCUT2D eigenvalue weighted by atomic mass is 16.6. The second-order valence-corrected chi connectivity index (χ2v) is 19.5. The first-order valence-corrected chi connectivity index (χ1v) is 29.0. The highest BCUT2D eigenvalue weighted by molar-refractivity contribution is 5.71. The van der Waals surface area contributed by atoms with Crippen LogP contribution >= 0.6 is 0 Å². The summed E-state index contributed by atoms with van der Waals surface area (Å²) in [6, 6.07) is 0. The molecule has 0 aliphatic carbocycles. The first kappa shape index (κ1) is 63.6. The summed E-state index contributed by atoms with van der Waals surface area (Å²) >= 11 is 0. The van der Waals surface area contributed by atoms with Crippen LogP contribution in [0.25, 0.3) is 0 Å². The average molecular weight is 928 g/mol. The first-order valence-electron chi connectivity index (χ1n) is 29.0. The summed E-state index contributed by atoms with van der Waals surface area (Å²) in [5.74, 6) is -0.862. The monoisotopic (exact) mass is 927 g/mol. The quantitative estimate of drug-likeness (QED) is 0.0262. The lowest BCUT2D eigenvalue weighted by atomic mass is 10.0. The molecule has 0 saturated heterocycles. The van der Waals surface area contributed by atoms with Gasteiger partial charge < -0.3 is 14.2 Å². The van der Waals surface area contributed by atoms with Crippen LogP contribution in [0.15, 0.2) is 36.5 Å². The molecule has 0 rings (SSSR count). The zero-order valence-corrected chi connectivity index (χ0v) is 44.2. The highest BCUT2D eigenvalue weighted by Gasteiger charge is 2.19. The number of hydrogen-bond acceptors (Lipinski definition) is 6. The predicted molar refractivity (Wildman–Crippen MR) is 284 cm³/mol. The standard InChI is InChI=1S/C60H110O6/c1-4-7-10-13-16-19-22-25-27-29-30-32-33-35-38-41-44-47-50-53-59(62)65-56-57(55-64-58(61)52-49-46-43-40-37-24-21-18-15-12-9-6-3)66-60(63)54-51-48-45-42-39-36-34-31-28-26-23-20-17-14-11-8-5-2/h8,11,17,20,26,28,57H,4-7,9-10,12-16,18-19,21-25,27,29-56H2,1-3H3/b11-8-,20-17-,28-26-. The Hall–Kier alpha value is -2.37. The van der Waals surface area contributed by atoms with E-state index in [0.717, 1.165) is 83.5 Å². The Morgan fingerprint density at radius 2 is 0.591 bits per heavy atom. The molecule has 0 fully saturated rings. The van der Waals surface area contributed by atoms with Gasteiger partial charge in [-0.3, -0.25) is 14.4 Å². The minimum absolute atomic E-state index is 0.0713. The van der Waals surface area contributed by atoms with Crippen molar-refractivity contribution in [1.29, 1.82) is 0 Å². The fourth-order valence-corrected chi connectivity index (χ4v) is 8.58. The summed E-state index contributed by atoms with van der Waals surface area (Å²) < 4.78 is 16.9. The van der Waals surface area contributed by atoms with Gasteiger partial charge in [0.15, 0.2) is 6.10 Å². The lowest BCUT2D eigenvalue weighted by molar-refractivity contribution is -0.167. The van der Waals surface area contributed by atoms with E-state index in [1.165, 1.54) is 186 Å². The number of esters is 3. The van der Waals surface area contributed by atoms with Crippen LogP contribution in [0.4, 0.5) is 0 Å². The molecule has 0 spiro atoms. The third kappa shape index (κ3) is 52.6. The molecule has 1 atom stereocenters. The van der Waals surface area contributed by atoms with Gasteiger partial charge in [-0.1, -0.05) is 276 Å². The van der Waals surface area contributed by atoms with Crippen molar-refractivity contribution < 1.29 is 28.6 Å². The van der Waals surface area contributed by atoms with Gasteiger partial charge in [-0.15, -0.1) is 0 Å². The van der Waals surface area contributed by atoms with Crippen molar-refractivity contribution in [3.63, 3.8) is 0 Å². The summed E-state index contributed by atoms with van der Waals surface area (Å²) in [7, 11) is 0. The Balaban J connectivity index is 4.31. The van der Waals surface area contributed by atoms with Crippen LogP contribution in [0.3, 0.4) is 0 Å². The van der Waals surface area contributed by atoms with Gasteiger partial charge in [0.05, 0.1) is 0 Å². The van der Waals surface area contributed by atoms with Crippen molar-refractivity contribution in [3.8, 4) is 0 Å². The van der Waals surface area contributed by atoms with Gasteiger partial charge in [-0.2, -0.15) is 0 Å². The van der Waals surface area contributed by atoms with E-state index < -0.39 is 6.10 Å². The van der Waals surface area contributed by atoms with Gasteiger partial charge in [0.1, 0.15) is 13.2 Å². The molecule has 386 valence electrons. The van der Waals surface area contributed by atoms with Crippen LogP contribution < -0.4 is 0 Å². The van der Waals surface area contributed by atoms with Gasteiger partial charge >= 0.3 is 17.9 Å². The SMILES string of the molecule is CC/C=C\C/C=C\C/C=C\CCCCCCCCCC(=O)OC(COC(=O)CCCCCCCCCCCCCC)COC(=O)CCCCCCCCCCCCCCCCCCCCC. The van der Waals surface area contributed by atoms with Gasteiger partial charge in [-0.05, 0) is 51.4 Å². The molecular formula is C60H110O6. The van der Waals surface area contributed by atoms with E-state index in [4.69, 9.17) is 14.2 Å². The maximum absolute atomic E-state index is 12.8. The van der Waals surface area contributed by atoms with E-state index in [1.54, 1.807) is 0 Å². The molecule has 0 bridgehead atoms. The van der Waals surface area contributed by atoms with Gasteiger partial charge in [0.25, 0.3) is 0 Å². The number of carbonyl (C=O) groups is 3. The molecule has 0 saturated carbocycles. The van der Waals surface area contributed by atoms with Crippen molar-refractivity contribution in [2.45, 2.75) is 316 Å². The Labute approximate surface area is 410 Å². The fourth-order valence-electron chi connectivity index (χ4n) is 8.58. The number of carbonyl (C=O) groups excluding carboxylic acids is 3. The number of unbranched alkanes of at least 4 members (excludes halogenated alkanes) is 36. The molecule has 1 unspecified atom stereocenters. The molecule has 6 nitrogen and oxygen atoms in total. The van der Waals surface area contributed by atoms with Crippen molar-refractivity contribution in [3.05, 3.63) is 36.5 Å². The zero-order chi connectivity index (χ0) is 47.9. The van der Waals surface area contributed by atoms with Crippen LogP contribution in [-0.2, 0) is 28.6 Å². The molecular weight excluding hydrogens is 817 g/mol. The Morgan fingerprint density at radius 1 is 0.318 bits per heavy atom. The largest absolute Gasteiger partial charge is 0.462 e. The van der Waals surface area contributed by atoms with Crippen molar-refractivity contribution in [1.82, 2.24) is 0 Å². The second kappa shape index (κ2) is 55.2. The normalized spacial score (nSPS) is 12.2. The topological polar surface area (TPSA) is 78.9 Å². The minimum Gasteiger partial charge on any atom is -0.462 e. The Bertz CT molecular complexity index is 1110. The number of hydrogen-bond donors (Lipinski definition) is 0. The molecule has 6 heteroatoms. The highest BCUT2D eigenvalue weighted by Crippen LogP contribution is 2.17. The molecule has 0 N–H and O–H groups in total. The fraction of sp³-hybridized carbons (Fsp3) is 0.850. The summed E-state index contributed by atoms with van der Waals surface area (Å²) in [5.41, 5.74) is 0. The van der Waals surface area contributed by atoms with Gasteiger partial charge in [0, 0.05) is 19.3 Å². The van der Waals surface area contributed by atoms with Crippen molar-refractivity contribution in [2.75, 3.05) is 13.2 Å². The number of allylic oxidation sites excluding steroid dienone is 6. The summed E-state index contributed by atoms with van der Waals surface area (Å²) in [5, 5.41) is 0. The van der Waals surface area contributed by atoms with E-state index >= 15 is 0 Å². The molecule has 0 aromatic heterocycles. The maximum atomic E-state index is 12.8. The Kier molecular flexibility index (Phi) is 53.2.